The van der Waals surface area contributed by atoms with Crippen molar-refractivity contribution in [3.63, 3.8) is 0 Å². The predicted molar refractivity (Wildman–Crippen MR) is 66.8 cm³/mol. The lowest BCUT2D eigenvalue weighted by Gasteiger charge is -2.04. The molecule has 6 heteroatoms. The van der Waals surface area contributed by atoms with Crippen molar-refractivity contribution < 1.29 is 14.3 Å². The van der Waals surface area contributed by atoms with Gasteiger partial charge in [0.25, 0.3) is 0 Å². The third kappa shape index (κ3) is 5.91. The van der Waals surface area contributed by atoms with Crippen LogP contribution in [-0.2, 0) is 14.3 Å². The topological polar surface area (TPSA) is 68.3 Å². The van der Waals surface area contributed by atoms with Gasteiger partial charge in [-0.3, -0.25) is 14.6 Å². The number of esters is 1. The van der Waals surface area contributed by atoms with Gasteiger partial charge in [-0.05, 0) is 19.1 Å². The minimum absolute atomic E-state index is 0.148. The fraction of sp³-hybridized carbons (Fsp3) is 0.364. The summed E-state index contributed by atoms with van der Waals surface area (Å²) in [6, 6.07) is 3.40. The molecule has 0 saturated heterocycles. The van der Waals surface area contributed by atoms with Crippen LogP contribution in [0.1, 0.15) is 6.92 Å². The number of aromatic nitrogens is 1. The minimum Gasteiger partial charge on any atom is -0.465 e. The molecule has 17 heavy (non-hydrogen) atoms. The summed E-state index contributed by atoms with van der Waals surface area (Å²) in [5, 5.41) is 2.70. The van der Waals surface area contributed by atoms with E-state index < -0.39 is 0 Å². The molecule has 0 aliphatic rings. The fourth-order valence-electron chi connectivity index (χ4n) is 1.06. The Balaban J connectivity index is 2.20. The second-order valence-electron chi connectivity index (χ2n) is 3.08. The normalized spacial score (nSPS) is 9.71. The zero-order valence-corrected chi connectivity index (χ0v) is 10.3. The first-order chi connectivity index (χ1) is 8.22. The summed E-state index contributed by atoms with van der Waals surface area (Å²) in [5.41, 5.74) is 0.696. The molecule has 92 valence electrons. The van der Waals surface area contributed by atoms with E-state index in [1.165, 1.54) is 11.8 Å². The highest BCUT2D eigenvalue weighted by atomic mass is 32.2. The van der Waals surface area contributed by atoms with Crippen LogP contribution < -0.4 is 5.32 Å². The zero-order chi connectivity index (χ0) is 12.5. The van der Waals surface area contributed by atoms with Gasteiger partial charge in [0.2, 0.25) is 5.91 Å². The second-order valence-corrected chi connectivity index (χ2v) is 4.07. The van der Waals surface area contributed by atoms with Gasteiger partial charge in [-0.15, -0.1) is 11.8 Å². The van der Waals surface area contributed by atoms with Crippen LogP contribution in [0.4, 0.5) is 5.69 Å². The van der Waals surface area contributed by atoms with Crippen LogP contribution in [0.5, 0.6) is 0 Å². The smallest absolute Gasteiger partial charge is 0.315 e. The van der Waals surface area contributed by atoms with Crippen molar-refractivity contribution >= 4 is 29.3 Å². The van der Waals surface area contributed by atoms with E-state index in [9.17, 15) is 9.59 Å². The van der Waals surface area contributed by atoms with Crippen molar-refractivity contribution in [2.45, 2.75) is 6.92 Å². The molecular weight excluding hydrogens is 240 g/mol. The Bertz CT molecular complexity index is 370. The lowest BCUT2D eigenvalue weighted by Crippen LogP contribution is -2.16. The van der Waals surface area contributed by atoms with Crippen LogP contribution in [0.15, 0.2) is 24.5 Å². The summed E-state index contributed by atoms with van der Waals surface area (Å²) >= 11 is 1.23. The molecule has 5 nitrogen and oxygen atoms in total. The number of nitrogens with one attached hydrogen (secondary N) is 1. The van der Waals surface area contributed by atoms with E-state index in [2.05, 4.69) is 10.3 Å². The van der Waals surface area contributed by atoms with E-state index in [0.29, 0.717) is 12.3 Å². The van der Waals surface area contributed by atoms with Gasteiger partial charge >= 0.3 is 5.97 Å². The van der Waals surface area contributed by atoms with Crippen molar-refractivity contribution in [2.24, 2.45) is 0 Å². The molecule has 0 unspecified atom stereocenters. The fourth-order valence-corrected chi connectivity index (χ4v) is 1.67. The van der Waals surface area contributed by atoms with Gasteiger partial charge in [0.1, 0.15) is 0 Å². The van der Waals surface area contributed by atoms with E-state index in [1.807, 2.05) is 0 Å². The van der Waals surface area contributed by atoms with Crippen molar-refractivity contribution in [3.05, 3.63) is 24.5 Å². The first-order valence-electron chi connectivity index (χ1n) is 5.15. The van der Waals surface area contributed by atoms with Gasteiger partial charge in [-0.2, -0.15) is 0 Å². The number of carbonyl (C=O) groups is 2. The molecule has 0 bridgehead atoms. The Morgan fingerprint density at radius 2 is 2.06 bits per heavy atom. The lowest BCUT2D eigenvalue weighted by atomic mass is 10.4. The van der Waals surface area contributed by atoms with Crippen LogP contribution in [0, 0.1) is 0 Å². The molecule has 1 rings (SSSR count). The quantitative estimate of drug-likeness (QED) is 0.775. The summed E-state index contributed by atoms with van der Waals surface area (Å²) in [6.07, 6.45) is 3.20. The van der Waals surface area contributed by atoms with Crippen LogP contribution in [-0.4, -0.2) is 35.0 Å². The molecule has 1 aromatic heterocycles. The van der Waals surface area contributed by atoms with Crippen LogP contribution in [0.3, 0.4) is 0 Å². The number of carbonyl (C=O) groups excluding carboxylic acids is 2. The molecule has 0 aliphatic carbocycles. The van der Waals surface area contributed by atoms with Gasteiger partial charge in [0.05, 0.1) is 18.1 Å². The van der Waals surface area contributed by atoms with Gasteiger partial charge in [0, 0.05) is 18.1 Å². The minimum atomic E-state index is -0.297. The standard InChI is InChI=1S/C11H14N2O3S/c1-2-16-11(15)8-17-7-10(14)13-9-3-5-12-6-4-9/h3-6H,2,7-8H2,1H3,(H,12,13,14). The zero-order valence-electron chi connectivity index (χ0n) is 9.51. The number of nitrogens with zero attached hydrogens (tertiary/aromatic N) is 1. The maximum Gasteiger partial charge on any atom is 0.315 e. The molecule has 0 fully saturated rings. The largest absolute Gasteiger partial charge is 0.465 e. The highest BCUT2D eigenvalue weighted by molar-refractivity contribution is 8.00. The summed E-state index contributed by atoms with van der Waals surface area (Å²) in [6.45, 7) is 2.11. The second kappa shape index (κ2) is 7.67. The van der Waals surface area contributed by atoms with Crippen molar-refractivity contribution in [2.75, 3.05) is 23.4 Å². The van der Waals surface area contributed by atoms with E-state index in [-0.39, 0.29) is 23.4 Å². The number of thioether (sulfide) groups is 1. The summed E-state index contributed by atoms with van der Waals surface area (Å²) < 4.78 is 4.74. The van der Waals surface area contributed by atoms with E-state index in [0.717, 1.165) is 0 Å². The number of amides is 1. The lowest BCUT2D eigenvalue weighted by molar-refractivity contribution is -0.139. The Hall–Kier alpha value is -1.56. The Morgan fingerprint density at radius 3 is 2.71 bits per heavy atom. The molecule has 0 radical (unpaired) electrons. The molecule has 1 heterocycles. The number of hydrogen-bond acceptors (Lipinski definition) is 5. The first-order valence-corrected chi connectivity index (χ1v) is 6.31. The van der Waals surface area contributed by atoms with E-state index in [4.69, 9.17) is 4.74 Å². The van der Waals surface area contributed by atoms with Crippen molar-refractivity contribution in [1.82, 2.24) is 4.98 Å². The molecule has 1 amide bonds. The molecule has 0 spiro atoms. The Labute approximate surface area is 104 Å². The molecule has 0 saturated carbocycles. The molecule has 0 atom stereocenters. The monoisotopic (exact) mass is 254 g/mol. The number of pyridine rings is 1. The Morgan fingerprint density at radius 1 is 1.35 bits per heavy atom. The molecule has 1 N–H and O–H groups in total. The highest BCUT2D eigenvalue weighted by Crippen LogP contribution is 2.06. The van der Waals surface area contributed by atoms with Gasteiger partial charge in [-0.25, -0.2) is 0 Å². The SMILES string of the molecule is CCOC(=O)CSCC(=O)Nc1ccncc1. The number of hydrogen-bond donors (Lipinski definition) is 1. The van der Waals surface area contributed by atoms with Gasteiger partial charge < -0.3 is 10.1 Å². The average molecular weight is 254 g/mol. The predicted octanol–water partition coefficient (Wildman–Crippen LogP) is 1.32. The Kier molecular flexibility index (Phi) is 6.09. The van der Waals surface area contributed by atoms with Gasteiger partial charge in [-0.1, -0.05) is 0 Å². The van der Waals surface area contributed by atoms with Crippen molar-refractivity contribution in [1.29, 1.82) is 0 Å². The summed E-state index contributed by atoms with van der Waals surface area (Å²) in [4.78, 5) is 26.3. The highest BCUT2D eigenvalue weighted by Gasteiger charge is 2.06. The number of ether oxygens (including phenoxy) is 1. The van der Waals surface area contributed by atoms with Crippen molar-refractivity contribution in [3.8, 4) is 0 Å². The number of anilines is 1. The third-order valence-electron chi connectivity index (χ3n) is 1.72. The first kappa shape index (κ1) is 13.5. The molecule has 1 aromatic rings. The average Bonchev–Trinajstić information content (AvgIpc) is 2.30. The molecular formula is C11H14N2O3S. The van der Waals surface area contributed by atoms with Gasteiger partial charge in [0.15, 0.2) is 0 Å². The van der Waals surface area contributed by atoms with E-state index in [1.54, 1.807) is 31.5 Å². The summed E-state index contributed by atoms with van der Waals surface area (Å²) in [7, 11) is 0. The van der Waals surface area contributed by atoms with E-state index >= 15 is 0 Å². The maximum atomic E-state index is 11.4. The molecule has 0 aromatic carbocycles. The number of rotatable bonds is 6. The van der Waals surface area contributed by atoms with Crippen LogP contribution in [0.2, 0.25) is 0 Å². The maximum absolute atomic E-state index is 11.4. The third-order valence-corrected chi connectivity index (χ3v) is 2.63. The van der Waals surface area contributed by atoms with Crippen LogP contribution >= 0.6 is 11.8 Å². The van der Waals surface area contributed by atoms with Crippen LogP contribution in [0.25, 0.3) is 0 Å². The summed E-state index contributed by atoms with van der Waals surface area (Å²) in [5.74, 6) is -0.0293. The molecule has 0 aliphatic heterocycles.